The van der Waals surface area contributed by atoms with Crippen molar-refractivity contribution < 1.29 is 4.74 Å². The van der Waals surface area contributed by atoms with E-state index in [1.54, 1.807) is 7.11 Å². The zero-order chi connectivity index (χ0) is 13.5. The van der Waals surface area contributed by atoms with Crippen LogP contribution in [0, 0.1) is 0 Å². The molecule has 0 amide bonds. The van der Waals surface area contributed by atoms with Crippen molar-refractivity contribution in [1.29, 1.82) is 0 Å². The van der Waals surface area contributed by atoms with Crippen molar-refractivity contribution in [2.45, 2.75) is 31.8 Å². The molecule has 3 nitrogen and oxygen atoms in total. The molecule has 2 unspecified atom stereocenters. The first kappa shape index (κ1) is 14.5. The van der Waals surface area contributed by atoms with E-state index in [1.165, 1.54) is 18.4 Å². The van der Waals surface area contributed by atoms with Gasteiger partial charge in [0.05, 0.1) is 6.61 Å². The van der Waals surface area contributed by atoms with Crippen LogP contribution in [0.3, 0.4) is 0 Å². The van der Waals surface area contributed by atoms with Gasteiger partial charge in [-0.15, -0.1) is 0 Å². The van der Waals surface area contributed by atoms with Crippen LogP contribution in [0.25, 0.3) is 0 Å². The van der Waals surface area contributed by atoms with Crippen LogP contribution in [-0.2, 0) is 4.74 Å². The maximum Gasteiger partial charge on any atom is 0.0618 e. The minimum Gasteiger partial charge on any atom is -0.383 e. The lowest BCUT2D eigenvalue weighted by Crippen LogP contribution is -2.51. The Bertz CT molecular complexity index is 349. The van der Waals surface area contributed by atoms with E-state index in [0.717, 1.165) is 26.2 Å². The SMILES string of the molecule is CCCC(COC)N1CCNC(c2ccccc2)C1. The Morgan fingerprint density at radius 1 is 1.37 bits per heavy atom. The minimum atomic E-state index is 0.450. The summed E-state index contributed by atoms with van der Waals surface area (Å²) in [5, 5.41) is 3.62. The smallest absolute Gasteiger partial charge is 0.0618 e. The third-order valence-corrected chi connectivity index (χ3v) is 3.91. The van der Waals surface area contributed by atoms with Gasteiger partial charge in [0, 0.05) is 38.8 Å². The van der Waals surface area contributed by atoms with Crippen molar-refractivity contribution >= 4 is 0 Å². The molecule has 0 aromatic heterocycles. The van der Waals surface area contributed by atoms with Gasteiger partial charge in [0.1, 0.15) is 0 Å². The molecule has 1 aliphatic heterocycles. The third kappa shape index (κ3) is 4.03. The largest absolute Gasteiger partial charge is 0.383 e. The van der Waals surface area contributed by atoms with Gasteiger partial charge in [0.15, 0.2) is 0 Å². The highest BCUT2D eigenvalue weighted by molar-refractivity contribution is 5.19. The third-order valence-electron chi connectivity index (χ3n) is 3.91. The number of ether oxygens (including phenoxy) is 1. The first-order valence-electron chi connectivity index (χ1n) is 7.36. The lowest BCUT2D eigenvalue weighted by molar-refractivity contribution is 0.0643. The van der Waals surface area contributed by atoms with Gasteiger partial charge in [-0.2, -0.15) is 0 Å². The topological polar surface area (TPSA) is 24.5 Å². The lowest BCUT2D eigenvalue weighted by atomic mass is 10.0. The molecule has 1 heterocycles. The van der Waals surface area contributed by atoms with E-state index in [-0.39, 0.29) is 0 Å². The standard InChI is InChI=1S/C16H26N2O/c1-3-7-15(13-19-2)18-11-10-17-16(12-18)14-8-5-4-6-9-14/h4-6,8-9,15-17H,3,7,10-13H2,1-2H3. The van der Waals surface area contributed by atoms with Crippen LogP contribution in [0.15, 0.2) is 30.3 Å². The van der Waals surface area contributed by atoms with E-state index in [4.69, 9.17) is 4.74 Å². The van der Waals surface area contributed by atoms with Gasteiger partial charge in [0.25, 0.3) is 0 Å². The second-order valence-electron chi connectivity index (χ2n) is 5.31. The van der Waals surface area contributed by atoms with Gasteiger partial charge in [-0.05, 0) is 12.0 Å². The summed E-state index contributed by atoms with van der Waals surface area (Å²) in [6.45, 7) is 6.35. The number of nitrogens with zero attached hydrogens (tertiary/aromatic N) is 1. The van der Waals surface area contributed by atoms with E-state index in [0.29, 0.717) is 12.1 Å². The number of benzene rings is 1. The molecule has 1 N–H and O–H groups in total. The van der Waals surface area contributed by atoms with Gasteiger partial charge in [0.2, 0.25) is 0 Å². The number of hydrogen-bond donors (Lipinski definition) is 1. The van der Waals surface area contributed by atoms with Crippen molar-refractivity contribution in [2.24, 2.45) is 0 Å². The van der Waals surface area contributed by atoms with E-state index in [9.17, 15) is 0 Å². The predicted octanol–water partition coefficient (Wildman–Crippen LogP) is 2.45. The molecule has 3 heteroatoms. The quantitative estimate of drug-likeness (QED) is 0.852. The fourth-order valence-corrected chi connectivity index (χ4v) is 2.91. The first-order chi connectivity index (χ1) is 9.35. The Morgan fingerprint density at radius 2 is 2.16 bits per heavy atom. The number of rotatable bonds is 6. The summed E-state index contributed by atoms with van der Waals surface area (Å²) in [6.07, 6.45) is 2.43. The van der Waals surface area contributed by atoms with Crippen molar-refractivity contribution in [1.82, 2.24) is 10.2 Å². The highest BCUT2D eigenvalue weighted by atomic mass is 16.5. The Labute approximate surface area is 116 Å². The molecule has 0 aliphatic carbocycles. The molecule has 1 aromatic carbocycles. The minimum absolute atomic E-state index is 0.450. The number of piperazine rings is 1. The Balaban J connectivity index is 1.99. The van der Waals surface area contributed by atoms with E-state index >= 15 is 0 Å². The Hall–Kier alpha value is -0.900. The summed E-state index contributed by atoms with van der Waals surface area (Å²) in [5.74, 6) is 0. The Morgan fingerprint density at radius 3 is 2.84 bits per heavy atom. The second-order valence-corrected chi connectivity index (χ2v) is 5.31. The van der Waals surface area contributed by atoms with Gasteiger partial charge in [-0.1, -0.05) is 43.7 Å². The van der Waals surface area contributed by atoms with E-state index < -0.39 is 0 Å². The molecule has 0 spiro atoms. The molecular weight excluding hydrogens is 236 g/mol. The molecule has 106 valence electrons. The summed E-state index contributed by atoms with van der Waals surface area (Å²) in [5.41, 5.74) is 1.39. The van der Waals surface area contributed by atoms with Crippen LogP contribution in [0.2, 0.25) is 0 Å². The summed E-state index contributed by atoms with van der Waals surface area (Å²) in [4.78, 5) is 2.58. The summed E-state index contributed by atoms with van der Waals surface area (Å²) >= 11 is 0. The molecular formula is C16H26N2O. The normalized spacial score (nSPS) is 22.3. The first-order valence-corrected chi connectivity index (χ1v) is 7.36. The number of nitrogens with one attached hydrogen (secondary N) is 1. The van der Waals surface area contributed by atoms with Gasteiger partial charge >= 0.3 is 0 Å². The van der Waals surface area contributed by atoms with Crippen molar-refractivity contribution in [3.63, 3.8) is 0 Å². The zero-order valence-electron chi connectivity index (χ0n) is 12.1. The van der Waals surface area contributed by atoms with Crippen molar-refractivity contribution in [3.8, 4) is 0 Å². The highest BCUT2D eigenvalue weighted by Gasteiger charge is 2.25. The Kier molecular flexibility index (Phi) is 5.83. The average Bonchev–Trinajstić information content (AvgIpc) is 2.48. The van der Waals surface area contributed by atoms with Gasteiger partial charge < -0.3 is 10.1 Å². The van der Waals surface area contributed by atoms with Crippen molar-refractivity contribution in [2.75, 3.05) is 33.4 Å². The zero-order valence-corrected chi connectivity index (χ0v) is 12.1. The van der Waals surface area contributed by atoms with Gasteiger partial charge in [-0.25, -0.2) is 0 Å². The van der Waals surface area contributed by atoms with Crippen LogP contribution in [-0.4, -0.2) is 44.3 Å². The van der Waals surface area contributed by atoms with Crippen LogP contribution in [0.5, 0.6) is 0 Å². The van der Waals surface area contributed by atoms with Crippen LogP contribution in [0.1, 0.15) is 31.4 Å². The summed E-state index contributed by atoms with van der Waals surface area (Å²) < 4.78 is 5.39. The summed E-state index contributed by atoms with van der Waals surface area (Å²) in [6, 6.07) is 11.8. The van der Waals surface area contributed by atoms with E-state index in [1.807, 2.05) is 0 Å². The molecule has 1 fully saturated rings. The van der Waals surface area contributed by atoms with Crippen molar-refractivity contribution in [3.05, 3.63) is 35.9 Å². The fraction of sp³-hybridized carbons (Fsp3) is 0.625. The predicted molar refractivity (Wildman–Crippen MR) is 79.3 cm³/mol. The molecule has 2 atom stereocenters. The molecule has 0 saturated carbocycles. The molecule has 19 heavy (non-hydrogen) atoms. The maximum absolute atomic E-state index is 5.39. The molecule has 0 bridgehead atoms. The molecule has 1 aromatic rings. The summed E-state index contributed by atoms with van der Waals surface area (Å²) in [7, 11) is 1.81. The number of methoxy groups -OCH3 is 1. The van der Waals surface area contributed by atoms with Crippen LogP contribution in [0.4, 0.5) is 0 Å². The van der Waals surface area contributed by atoms with Crippen LogP contribution < -0.4 is 5.32 Å². The molecule has 0 radical (unpaired) electrons. The maximum atomic E-state index is 5.39. The number of hydrogen-bond acceptors (Lipinski definition) is 3. The fourth-order valence-electron chi connectivity index (χ4n) is 2.91. The molecule has 1 saturated heterocycles. The van der Waals surface area contributed by atoms with Gasteiger partial charge in [-0.3, -0.25) is 4.90 Å². The van der Waals surface area contributed by atoms with E-state index in [2.05, 4.69) is 47.5 Å². The average molecular weight is 262 g/mol. The van der Waals surface area contributed by atoms with Crippen LogP contribution >= 0.6 is 0 Å². The highest BCUT2D eigenvalue weighted by Crippen LogP contribution is 2.20. The lowest BCUT2D eigenvalue weighted by Gasteiger charge is -2.39. The molecule has 1 aliphatic rings. The monoisotopic (exact) mass is 262 g/mol. The second kappa shape index (κ2) is 7.63. The molecule has 2 rings (SSSR count).